The van der Waals surface area contributed by atoms with E-state index in [9.17, 15) is 4.39 Å². The lowest BCUT2D eigenvalue weighted by molar-refractivity contribution is 0.447. The summed E-state index contributed by atoms with van der Waals surface area (Å²) in [6.45, 7) is 2.83. The minimum Gasteiger partial charge on any atom is -0.371 e. The van der Waals surface area contributed by atoms with Crippen molar-refractivity contribution < 1.29 is 4.39 Å². The van der Waals surface area contributed by atoms with Crippen LogP contribution in [0.15, 0.2) is 18.2 Å². The molecule has 3 rings (SSSR count). The van der Waals surface area contributed by atoms with Gasteiger partial charge in [0.2, 0.25) is 0 Å². The zero-order valence-electron chi connectivity index (χ0n) is 12.2. The van der Waals surface area contributed by atoms with Gasteiger partial charge in [-0.15, -0.1) is 0 Å². The summed E-state index contributed by atoms with van der Waals surface area (Å²) < 4.78 is 13.8. The predicted octanol–water partition coefficient (Wildman–Crippen LogP) is 3.59. The Morgan fingerprint density at radius 3 is 2.40 bits per heavy atom. The Kier molecular flexibility index (Phi) is 3.97. The molecule has 0 aromatic heterocycles. The van der Waals surface area contributed by atoms with Crippen molar-refractivity contribution in [2.24, 2.45) is 5.73 Å². The average molecular weight is 276 g/mol. The van der Waals surface area contributed by atoms with Crippen LogP contribution in [0.2, 0.25) is 0 Å². The summed E-state index contributed by atoms with van der Waals surface area (Å²) in [7, 11) is 0. The number of benzene rings is 1. The van der Waals surface area contributed by atoms with Crippen LogP contribution in [0.25, 0.3) is 0 Å². The molecule has 1 heterocycles. The molecule has 2 nitrogen and oxygen atoms in total. The zero-order valence-corrected chi connectivity index (χ0v) is 12.2. The normalized spacial score (nSPS) is 22.2. The molecule has 0 bridgehead atoms. The van der Waals surface area contributed by atoms with Gasteiger partial charge in [0.1, 0.15) is 5.82 Å². The van der Waals surface area contributed by atoms with Gasteiger partial charge in [0.15, 0.2) is 0 Å². The van der Waals surface area contributed by atoms with Crippen LogP contribution in [0, 0.1) is 5.82 Å². The van der Waals surface area contributed by atoms with Crippen molar-refractivity contribution in [3.63, 3.8) is 0 Å². The number of anilines is 1. The van der Waals surface area contributed by atoms with Crippen LogP contribution in [0.4, 0.5) is 10.1 Å². The maximum Gasteiger partial charge on any atom is 0.123 e. The Hall–Kier alpha value is -1.09. The fraction of sp³-hybridized carbons (Fsp3) is 0.647. The molecule has 2 aliphatic rings. The zero-order chi connectivity index (χ0) is 14.0. The van der Waals surface area contributed by atoms with Crippen LogP contribution in [0.5, 0.6) is 0 Å². The highest BCUT2D eigenvalue weighted by Gasteiger charge is 2.37. The highest BCUT2D eigenvalue weighted by Crippen LogP contribution is 2.44. The molecule has 2 fully saturated rings. The first-order valence-corrected chi connectivity index (χ1v) is 8.00. The highest BCUT2D eigenvalue weighted by molar-refractivity contribution is 5.58. The first-order valence-electron chi connectivity index (χ1n) is 8.00. The Labute approximate surface area is 121 Å². The van der Waals surface area contributed by atoms with Gasteiger partial charge in [0, 0.05) is 30.7 Å². The number of piperidine rings is 1. The molecule has 0 atom stereocenters. The van der Waals surface area contributed by atoms with Gasteiger partial charge in [-0.3, -0.25) is 0 Å². The lowest BCUT2D eigenvalue weighted by atomic mass is 9.77. The summed E-state index contributed by atoms with van der Waals surface area (Å²) in [6.07, 6.45) is 8.44. The van der Waals surface area contributed by atoms with E-state index in [1.165, 1.54) is 43.4 Å². The van der Waals surface area contributed by atoms with E-state index < -0.39 is 0 Å². The maximum absolute atomic E-state index is 13.8. The Morgan fingerprint density at radius 2 is 1.75 bits per heavy atom. The van der Waals surface area contributed by atoms with E-state index in [1.54, 1.807) is 12.1 Å². The molecule has 20 heavy (non-hydrogen) atoms. The molecule has 0 amide bonds. The largest absolute Gasteiger partial charge is 0.371 e. The van der Waals surface area contributed by atoms with Crippen LogP contribution in [-0.2, 0) is 5.41 Å². The molecule has 110 valence electrons. The number of hydrogen-bond donors (Lipinski definition) is 1. The molecule has 1 aliphatic carbocycles. The molecule has 3 heteroatoms. The molecule has 2 N–H and O–H groups in total. The van der Waals surface area contributed by atoms with Crippen LogP contribution in [-0.4, -0.2) is 19.6 Å². The van der Waals surface area contributed by atoms with Crippen molar-refractivity contribution in [3.05, 3.63) is 29.6 Å². The van der Waals surface area contributed by atoms with Crippen LogP contribution >= 0.6 is 0 Å². The molecule has 0 unspecified atom stereocenters. The SMILES string of the molecule is NCC1(c2cc(F)ccc2N2CCCCC2)CCCC1. The third-order valence-corrected chi connectivity index (χ3v) is 5.18. The molecule has 1 aromatic carbocycles. The standard InChI is InChI=1S/C17H25FN2/c18-14-6-7-16(20-10-4-1-5-11-20)15(12-14)17(13-19)8-2-3-9-17/h6-7,12H,1-5,8-11,13,19H2. The number of nitrogens with zero attached hydrogens (tertiary/aromatic N) is 1. The second-order valence-electron chi connectivity index (χ2n) is 6.40. The minimum atomic E-state index is -0.125. The van der Waals surface area contributed by atoms with E-state index in [0.29, 0.717) is 6.54 Å². The fourth-order valence-corrected chi connectivity index (χ4v) is 3.98. The third-order valence-electron chi connectivity index (χ3n) is 5.18. The van der Waals surface area contributed by atoms with Crippen molar-refractivity contribution in [1.29, 1.82) is 0 Å². The summed E-state index contributed by atoms with van der Waals surface area (Å²) in [5, 5.41) is 0. The molecule has 0 radical (unpaired) electrons. The van der Waals surface area contributed by atoms with Crippen molar-refractivity contribution in [2.75, 3.05) is 24.5 Å². The number of rotatable bonds is 3. The second kappa shape index (κ2) is 5.72. The quantitative estimate of drug-likeness (QED) is 0.914. The van der Waals surface area contributed by atoms with E-state index in [4.69, 9.17) is 5.73 Å². The maximum atomic E-state index is 13.8. The van der Waals surface area contributed by atoms with Gasteiger partial charge in [-0.05, 0) is 55.9 Å². The first kappa shape index (κ1) is 13.9. The second-order valence-corrected chi connectivity index (χ2v) is 6.40. The number of hydrogen-bond acceptors (Lipinski definition) is 2. The fourth-order valence-electron chi connectivity index (χ4n) is 3.98. The third kappa shape index (κ3) is 2.44. The van der Waals surface area contributed by atoms with E-state index in [1.807, 2.05) is 6.07 Å². The summed E-state index contributed by atoms with van der Waals surface area (Å²) in [6, 6.07) is 5.33. The first-order chi connectivity index (χ1) is 9.75. The van der Waals surface area contributed by atoms with E-state index in [-0.39, 0.29) is 11.2 Å². The number of halogens is 1. The smallest absolute Gasteiger partial charge is 0.123 e. The molecule has 1 saturated carbocycles. The van der Waals surface area contributed by atoms with Crippen molar-refractivity contribution >= 4 is 5.69 Å². The topological polar surface area (TPSA) is 29.3 Å². The van der Waals surface area contributed by atoms with Crippen LogP contribution in [0.3, 0.4) is 0 Å². The Balaban J connectivity index is 2.01. The van der Waals surface area contributed by atoms with E-state index in [0.717, 1.165) is 25.9 Å². The lowest BCUT2D eigenvalue weighted by Gasteiger charge is -2.36. The molecule has 1 saturated heterocycles. The highest BCUT2D eigenvalue weighted by atomic mass is 19.1. The number of nitrogens with two attached hydrogens (primary N) is 1. The molecule has 1 aliphatic heterocycles. The summed E-state index contributed by atoms with van der Waals surface area (Å²) in [4.78, 5) is 2.44. The summed E-state index contributed by atoms with van der Waals surface area (Å²) in [5.74, 6) is -0.125. The predicted molar refractivity (Wildman–Crippen MR) is 81.7 cm³/mol. The van der Waals surface area contributed by atoms with E-state index >= 15 is 0 Å². The van der Waals surface area contributed by atoms with Crippen LogP contribution in [0.1, 0.15) is 50.5 Å². The molecular formula is C17H25FN2. The van der Waals surface area contributed by atoms with Gasteiger partial charge in [0.05, 0.1) is 0 Å². The van der Waals surface area contributed by atoms with Gasteiger partial charge < -0.3 is 10.6 Å². The van der Waals surface area contributed by atoms with Crippen LogP contribution < -0.4 is 10.6 Å². The Bertz CT molecular complexity index is 460. The van der Waals surface area contributed by atoms with E-state index in [2.05, 4.69) is 4.90 Å². The molecule has 0 spiro atoms. The average Bonchev–Trinajstić information content (AvgIpc) is 2.98. The summed E-state index contributed by atoms with van der Waals surface area (Å²) in [5.41, 5.74) is 8.52. The van der Waals surface area contributed by atoms with Gasteiger partial charge in [-0.25, -0.2) is 4.39 Å². The lowest BCUT2D eigenvalue weighted by Crippen LogP contribution is -2.37. The summed E-state index contributed by atoms with van der Waals surface area (Å²) >= 11 is 0. The van der Waals surface area contributed by atoms with Crippen molar-refractivity contribution in [3.8, 4) is 0 Å². The van der Waals surface area contributed by atoms with Gasteiger partial charge in [-0.2, -0.15) is 0 Å². The van der Waals surface area contributed by atoms with Gasteiger partial charge in [0.25, 0.3) is 0 Å². The molecule has 1 aromatic rings. The molecular weight excluding hydrogens is 251 g/mol. The monoisotopic (exact) mass is 276 g/mol. The minimum absolute atomic E-state index is 0.00881. The van der Waals surface area contributed by atoms with Crippen molar-refractivity contribution in [1.82, 2.24) is 0 Å². The Morgan fingerprint density at radius 1 is 1.05 bits per heavy atom. The van der Waals surface area contributed by atoms with Crippen molar-refractivity contribution in [2.45, 2.75) is 50.4 Å². The van der Waals surface area contributed by atoms with Gasteiger partial charge in [-0.1, -0.05) is 12.8 Å². The van der Waals surface area contributed by atoms with Gasteiger partial charge >= 0.3 is 0 Å².